The maximum atomic E-state index is 13.0. The lowest BCUT2D eigenvalue weighted by molar-refractivity contribution is -0.123. The van der Waals surface area contributed by atoms with Gasteiger partial charge in [0.25, 0.3) is 5.91 Å². The highest BCUT2D eigenvalue weighted by Gasteiger charge is 2.29. The lowest BCUT2D eigenvalue weighted by atomic mass is 9.96. The van der Waals surface area contributed by atoms with Crippen LogP contribution in [0.15, 0.2) is 48.5 Å². The first kappa shape index (κ1) is 22.6. The first-order chi connectivity index (χ1) is 14.9. The number of hydrogen-bond acceptors (Lipinski definition) is 6. The summed E-state index contributed by atoms with van der Waals surface area (Å²) >= 11 is 4.05. The Kier molecular flexibility index (Phi) is 7.54. The number of amides is 3. The molecule has 2 unspecified atom stereocenters. The van der Waals surface area contributed by atoms with Crippen LogP contribution in [0.1, 0.15) is 33.9 Å². The fraction of sp³-hybridized carbons (Fsp3) is 0.318. The largest absolute Gasteiger partial charge is 0.492 e. The molecule has 6 N–H and O–H groups in total. The minimum atomic E-state index is -0.877. The molecular formula is C22H26N4O4S. The van der Waals surface area contributed by atoms with Gasteiger partial charge >= 0.3 is 0 Å². The van der Waals surface area contributed by atoms with Crippen molar-refractivity contribution in [2.45, 2.75) is 31.0 Å². The van der Waals surface area contributed by atoms with E-state index in [0.717, 1.165) is 5.56 Å². The maximum absolute atomic E-state index is 13.0. The number of benzene rings is 2. The van der Waals surface area contributed by atoms with Crippen LogP contribution in [0.2, 0.25) is 0 Å². The minimum absolute atomic E-state index is 0.222. The number of para-hydroxylation sites is 1. The Morgan fingerprint density at radius 3 is 2.55 bits per heavy atom. The molecule has 3 atom stereocenters. The van der Waals surface area contributed by atoms with Gasteiger partial charge in [0.05, 0.1) is 24.3 Å². The lowest BCUT2D eigenvalue weighted by Crippen LogP contribution is -2.46. The summed E-state index contributed by atoms with van der Waals surface area (Å²) in [4.78, 5) is 37.1. The summed E-state index contributed by atoms with van der Waals surface area (Å²) in [6.07, 6.45) is 0.819. The Morgan fingerprint density at radius 2 is 1.87 bits per heavy atom. The summed E-state index contributed by atoms with van der Waals surface area (Å²) in [5.41, 5.74) is 13.1. The van der Waals surface area contributed by atoms with Gasteiger partial charge in [0.2, 0.25) is 11.8 Å². The van der Waals surface area contributed by atoms with Gasteiger partial charge in [0.1, 0.15) is 11.8 Å². The average Bonchev–Trinajstić information content (AvgIpc) is 2.78. The van der Waals surface area contributed by atoms with Crippen molar-refractivity contribution in [3.05, 3.63) is 65.2 Å². The SMILES string of the molecule is NC(=O)[C@H](Cc1ccccc1)NC(=O)c1cccc2c1OCCC2NC(=O)C(N)CS. The third-order valence-electron chi connectivity index (χ3n) is 5.10. The number of hydrogen-bond donors (Lipinski definition) is 5. The van der Waals surface area contributed by atoms with Crippen molar-refractivity contribution in [1.29, 1.82) is 0 Å². The molecule has 2 aromatic carbocycles. The number of ether oxygens (including phenoxy) is 1. The van der Waals surface area contributed by atoms with Crippen molar-refractivity contribution in [1.82, 2.24) is 10.6 Å². The molecule has 1 heterocycles. The Balaban J connectivity index is 1.79. The first-order valence-electron chi connectivity index (χ1n) is 9.97. The molecule has 0 aromatic heterocycles. The van der Waals surface area contributed by atoms with E-state index in [-0.39, 0.29) is 29.7 Å². The van der Waals surface area contributed by atoms with Crippen molar-refractivity contribution in [2.75, 3.05) is 12.4 Å². The number of carbonyl (C=O) groups is 3. The smallest absolute Gasteiger partial charge is 0.255 e. The fourth-order valence-electron chi connectivity index (χ4n) is 3.42. The molecule has 0 saturated heterocycles. The molecule has 2 aromatic rings. The van der Waals surface area contributed by atoms with Gasteiger partial charge in [-0.05, 0) is 11.6 Å². The van der Waals surface area contributed by atoms with Crippen LogP contribution >= 0.6 is 12.6 Å². The van der Waals surface area contributed by atoms with E-state index in [1.54, 1.807) is 18.2 Å². The maximum Gasteiger partial charge on any atom is 0.255 e. The summed E-state index contributed by atoms with van der Waals surface area (Å²) in [6, 6.07) is 12.5. The van der Waals surface area contributed by atoms with E-state index < -0.39 is 23.9 Å². The van der Waals surface area contributed by atoms with Crippen molar-refractivity contribution in [2.24, 2.45) is 11.5 Å². The number of primary amides is 1. The standard InChI is InChI=1S/C22H26N4O4S/c23-16(12-31)22(29)25-17-9-10-30-19-14(17)7-4-8-15(19)21(28)26-18(20(24)27)11-13-5-2-1-3-6-13/h1-8,16-18,31H,9-12,23H2,(H2,24,27)(H,25,29)(H,26,28)/t16?,17?,18-/m0/s1. The van der Waals surface area contributed by atoms with E-state index in [1.165, 1.54) is 0 Å². The Bertz CT molecular complexity index is 954. The van der Waals surface area contributed by atoms with E-state index in [1.807, 2.05) is 30.3 Å². The highest BCUT2D eigenvalue weighted by Crippen LogP contribution is 2.35. The Morgan fingerprint density at radius 1 is 1.13 bits per heavy atom. The van der Waals surface area contributed by atoms with Crippen LogP contribution in [0.5, 0.6) is 5.75 Å². The van der Waals surface area contributed by atoms with Crippen molar-refractivity contribution < 1.29 is 19.1 Å². The van der Waals surface area contributed by atoms with Gasteiger partial charge in [-0.1, -0.05) is 42.5 Å². The number of nitrogens with two attached hydrogens (primary N) is 2. The van der Waals surface area contributed by atoms with Gasteiger partial charge in [-0.25, -0.2) is 0 Å². The number of rotatable bonds is 8. The van der Waals surface area contributed by atoms with E-state index in [0.29, 0.717) is 24.3 Å². The van der Waals surface area contributed by atoms with Gasteiger partial charge in [0, 0.05) is 24.2 Å². The molecule has 0 aliphatic carbocycles. The van der Waals surface area contributed by atoms with Gasteiger partial charge in [-0.2, -0.15) is 12.6 Å². The van der Waals surface area contributed by atoms with Gasteiger partial charge < -0.3 is 26.8 Å². The van der Waals surface area contributed by atoms with Crippen LogP contribution in [0, 0.1) is 0 Å². The summed E-state index contributed by atoms with van der Waals surface area (Å²) in [5.74, 6) is -0.831. The molecule has 1 aliphatic heterocycles. The van der Waals surface area contributed by atoms with Crippen molar-refractivity contribution in [3.63, 3.8) is 0 Å². The molecule has 8 nitrogen and oxygen atoms in total. The predicted molar refractivity (Wildman–Crippen MR) is 120 cm³/mol. The normalized spacial score (nSPS) is 16.9. The third-order valence-corrected chi connectivity index (χ3v) is 5.49. The molecule has 164 valence electrons. The molecule has 0 fully saturated rings. The van der Waals surface area contributed by atoms with Crippen molar-refractivity contribution in [3.8, 4) is 5.75 Å². The van der Waals surface area contributed by atoms with Crippen LogP contribution in [-0.2, 0) is 16.0 Å². The molecular weight excluding hydrogens is 416 g/mol. The van der Waals surface area contributed by atoms with Gasteiger partial charge in [-0.15, -0.1) is 0 Å². The molecule has 9 heteroatoms. The Hall–Kier alpha value is -3.04. The van der Waals surface area contributed by atoms with Crippen molar-refractivity contribution >= 4 is 30.4 Å². The second kappa shape index (κ2) is 10.3. The molecule has 0 bridgehead atoms. The summed E-state index contributed by atoms with van der Waals surface area (Å²) < 4.78 is 5.76. The molecule has 3 rings (SSSR count). The first-order valence-corrected chi connectivity index (χ1v) is 10.6. The monoisotopic (exact) mass is 442 g/mol. The minimum Gasteiger partial charge on any atom is -0.492 e. The predicted octanol–water partition coefficient (Wildman–Crippen LogP) is 0.710. The number of thiol groups is 1. The average molecular weight is 443 g/mol. The zero-order chi connectivity index (χ0) is 22.4. The van der Waals surface area contributed by atoms with E-state index in [4.69, 9.17) is 16.2 Å². The number of nitrogens with one attached hydrogen (secondary N) is 2. The summed E-state index contributed by atoms with van der Waals surface area (Å²) in [6.45, 7) is 0.321. The lowest BCUT2D eigenvalue weighted by Gasteiger charge is -2.29. The van der Waals surface area contributed by atoms with E-state index in [9.17, 15) is 14.4 Å². The molecule has 31 heavy (non-hydrogen) atoms. The topological polar surface area (TPSA) is 137 Å². The van der Waals surface area contributed by atoms with Crippen LogP contribution in [0.3, 0.4) is 0 Å². The van der Waals surface area contributed by atoms with E-state index in [2.05, 4.69) is 23.3 Å². The zero-order valence-corrected chi connectivity index (χ0v) is 17.8. The molecule has 0 saturated carbocycles. The molecule has 0 spiro atoms. The Labute approximate surface area is 186 Å². The highest BCUT2D eigenvalue weighted by atomic mass is 32.1. The van der Waals surface area contributed by atoms with E-state index >= 15 is 0 Å². The van der Waals surface area contributed by atoms with Crippen LogP contribution in [0.25, 0.3) is 0 Å². The molecule has 0 radical (unpaired) electrons. The number of carbonyl (C=O) groups excluding carboxylic acids is 3. The third kappa shape index (κ3) is 5.56. The zero-order valence-electron chi connectivity index (χ0n) is 16.9. The second-order valence-electron chi connectivity index (χ2n) is 7.33. The van der Waals surface area contributed by atoms with Crippen LogP contribution in [0.4, 0.5) is 0 Å². The van der Waals surface area contributed by atoms with Crippen LogP contribution in [-0.4, -0.2) is 42.2 Å². The molecule has 3 amide bonds. The molecule has 1 aliphatic rings. The second-order valence-corrected chi connectivity index (χ2v) is 7.69. The summed E-state index contributed by atoms with van der Waals surface area (Å²) in [5, 5.41) is 5.59. The van der Waals surface area contributed by atoms with Crippen LogP contribution < -0.4 is 26.8 Å². The van der Waals surface area contributed by atoms with Gasteiger partial charge in [0.15, 0.2) is 0 Å². The van der Waals surface area contributed by atoms with Gasteiger partial charge in [-0.3, -0.25) is 14.4 Å². The highest BCUT2D eigenvalue weighted by molar-refractivity contribution is 7.80. The fourth-order valence-corrected chi connectivity index (χ4v) is 3.59. The number of fused-ring (bicyclic) bond motifs is 1. The summed E-state index contributed by atoms with van der Waals surface area (Å²) in [7, 11) is 0. The quantitative estimate of drug-likeness (QED) is 0.384.